The smallest absolute Gasteiger partial charge is 0.0554 e. The Morgan fingerprint density at radius 2 is 1.70 bits per heavy atom. The first-order valence-electron chi connectivity index (χ1n) is 7.58. The lowest BCUT2D eigenvalue weighted by atomic mass is 9.79. The second-order valence-corrected chi connectivity index (χ2v) is 6.06. The van der Waals surface area contributed by atoms with Gasteiger partial charge < -0.3 is 5.73 Å². The van der Waals surface area contributed by atoms with E-state index >= 15 is 0 Å². The average molecular weight is 265 g/mol. The molecule has 0 heterocycles. The van der Waals surface area contributed by atoms with Crippen molar-refractivity contribution in [2.75, 3.05) is 0 Å². The SMILES string of the molecule is Cc1cccc(C(N)c2ccc(C3CCC3)cc2)c1C. The van der Waals surface area contributed by atoms with E-state index in [4.69, 9.17) is 5.73 Å². The minimum atomic E-state index is -0.0228. The highest BCUT2D eigenvalue weighted by molar-refractivity contribution is 5.41. The van der Waals surface area contributed by atoms with Crippen molar-refractivity contribution in [2.45, 2.75) is 45.1 Å². The van der Waals surface area contributed by atoms with Crippen LogP contribution in [0.5, 0.6) is 0 Å². The van der Waals surface area contributed by atoms with Gasteiger partial charge in [-0.3, -0.25) is 0 Å². The van der Waals surface area contributed by atoms with Gasteiger partial charge >= 0.3 is 0 Å². The maximum absolute atomic E-state index is 6.46. The first-order chi connectivity index (χ1) is 9.66. The van der Waals surface area contributed by atoms with Gasteiger partial charge in [0, 0.05) is 0 Å². The van der Waals surface area contributed by atoms with Gasteiger partial charge in [0.2, 0.25) is 0 Å². The van der Waals surface area contributed by atoms with Crippen molar-refractivity contribution in [1.82, 2.24) is 0 Å². The van der Waals surface area contributed by atoms with Gasteiger partial charge in [-0.1, -0.05) is 48.9 Å². The molecule has 1 atom stereocenters. The van der Waals surface area contributed by atoms with E-state index < -0.39 is 0 Å². The number of aryl methyl sites for hydroxylation is 1. The topological polar surface area (TPSA) is 26.0 Å². The zero-order valence-corrected chi connectivity index (χ0v) is 12.4. The molecule has 104 valence electrons. The Morgan fingerprint density at radius 1 is 1.00 bits per heavy atom. The van der Waals surface area contributed by atoms with Crippen molar-refractivity contribution in [3.63, 3.8) is 0 Å². The molecule has 2 aromatic carbocycles. The van der Waals surface area contributed by atoms with E-state index in [9.17, 15) is 0 Å². The Bertz CT molecular complexity index is 594. The number of hydrogen-bond donors (Lipinski definition) is 1. The fraction of sp³-hybridized carbons (Fsp3) is 0.368. The standard InChI is InChI=1S/C19H23N/c1-13-5-3-8-18(14(13)2)19(20)17-11-9-16(10-12-17)15-6-4-7-15/h3,5,8-12,15,19H,4,6-7,20H2,1-2H3. The van der Waals surface area contributed by atoms with Crippen LogP contribution in [0.15, 0.2) is 42.5 Å². The van der Waals surface area contributed by atoms with Crippen molar-refractivity contribution >= 4 is 0 Å². The molecular weight excluding hydrogens is 242 g/mol. The molecule has 1 fully saturated rings. The normalized spacial score (nSPS) is 16.8. The Labute approximate surface area is 121 Å². The van der Waals surface area contributed by atoms with Crippen LogP contribution in [0.25, 0.3) is 0 Å². The van der Waals surface area contributed by atoms with Gasteiger partial charge in [-0.25, -0.2) is 0 Å². The highest BCUT2D eigenvalue weighted by Crippen LogP contribution is 2.36. The zero-order valence-electron chi connectivity index (χ0n) is 12.4. The van der Waals surface area contributed by atoms with Crippen molar-refractivity contribution in [1.29, 1.82) is 0 Å². The van der Waals surface area contributed by atoms with Gasteiger partial charge in [0.15, 0.2) is 0 Å². The van der Waals surface area contributed by atoms with Crippen molar-refractivity contribution in [3.05, 3.63) is 70.3 Å². The van der Waals surface area contributed by atoms with Crippen LogP contribution in [-0.4, -0.2) is 0 Å². The van der Waals surface area contributed by atoms with Crippen LogP contribution < -0.4 is 5.73 Å². The Hall–Kier alpha value is -1.60. The summed E-state index contributed by atoms with van der Waals surface area (Å²) in [5.41, 5.74) is 13.0. The minimum Gasteiger partial charge on any atom is -0.320 e. The number of rotatable bonds is 3. The average Bonchev–Trinajstić information content (AvgIpc) is 2.40. The Balaban J connectivity index is 1.86. The monoisotopic (exact) mass is 265 g/mol. The molecule has 1 aliphatic rings. The lowest BCUT2D eigenvalue weighted by molar-refractivity contribution is 0.419. The van der Waals surface area contributed by atoms with Gasteiger partial charge in [-0.15, -0.1) is 0 Å². The van der Waals surface area contributed by atoms with E-state index in [-0.39, 0.29) is 6.04 Å². The molecule has 0 amide bonds. The van der Waals surface area contributed by atoms with Gasteiger partial charge in [-0.2, -0.15) is 0 Å². The fourth-order valence-corrected chi connectivity index (χ4v) is 3.01. The molecule has 0 aromatic heterocycles. The second-order valence-electron chi connectivity index (χ2n) is 6.06. The number of nitrogens with two attached hydrogens (primary N) is 1. The van der Waals surface area contributed by atoms with Crippen LogP contribution in [0.1, 0.15) is 59.0 Å². The van der Waals surface area contributed by atoms with E-state index in [0.29, 0.717) is 0 Å². The van der Waals surface area contributed by atoms with E-state index in [1.54, 1.807) is 0 Å². The molecule has 2 N–H and O–H groups in total. The third-order valence-electron chi connectivity index (χ3n) is 4.85. The van der Waals surface area contributed by atoms with Crippen molar-refractivity contribution in [2.24, 2.45) is 5.73 Å². The highest BCUT2D eigenvalue weighted by Gasteiger charge is 2.19. The van der Waals surface area contributed by atoms with Crippen LogP contribution >= 0.6 is 0 Å². The first kappa shape index (κ1) is 13.4. The van der Waals surface area contributed by atoms with Gasteiger partial charge in [0.25, 0.3) is 0 Å². The number of benzene rings is 2. The van der Waals surface area contributed by atoms with Crippen LogP contribution in [0.4, 0.5) is 0 Å². The summed E-state index contributed by atoms with van der Waals surface area (Å²) in [6.07, 6.45) is 4.08. The second kappa shape index (κ2) is 5.41. The summed E-state index contributed by atoms with van der Waals surface area (Å²) in [5.74, 6) is 0.793. The predicted molar refractivity (Wildman–Crippen MR) is 85.0 cm³/mol. The molecule has 3 rings (SSSR count). The summed E-state index contributed by atoms with van der Waals surface area (Å²) >= 11 is 0. The summed E-state index contributed by atoms with van der Waals surface area (Å²) in [7, 11) is 0. The third-order valence-corrected chi connectivity index (χ3v) is 4.85. The van der Waals surface area contributed by atoms with E-state index in [1.165, 1.54) is 47.1 Å². The maximum atomic E-state index is 6.46. The Kier molecular flexibility index (Phi) is 3.62. The molecule has 0 radical (unpaired) electrons. The molecule has 0 saturated heterocycles. The van der Waals surface area contributed by atoms with E-state index in [1.807, 2.05) is 0 Å². The number of hydrogen-bond acceptors (Lipinski definition) is 1. The van der Waals surface area contributed by atoms with Gasteiger partial charge in [0.1, 0.15) is 0 Å². The molecule has 1 aliphatic carbocycles. The fourth-order valence-electron chi connectivity index (χ4n) is 3.01. The summed E-state index contributed by atoms with van der Waals surface area (Å²) in [5, 5.41) is 0. The molecule has 1 saturated carbocycles. The molecule has 20 heavy (non-hydrogen) atoms. The maximum Gasteiger partial charge on any atom is 0.0554 e. The van der Waals surface area contributed by atoms with Crippen molar-refractivity contribution in [3.8, 4) is 0 Å². The molecule has 0 bridgehead atoms. The largest absolute Gasteiger partial charge is 0.320 e. The van der Waals surface area contributed by atoms with Gasteiger partial charge in [-0.05, 0) is 60.4 Å². The highest BCUT2D eigenvalue weighted by atomic mass is 14.6. The van der Waals surface area contributed by atoms with Crippen molar-refractivity contribution < 1.29 is 0 Å². The van der Waals surface area contributed by atoms with Gasteiger partial charge in [0.05, 0.1) is 6.04 Å². The molecule has 2 aromatic rings. The third kappa shape index (κ3) is 2.38. The van der Waals surface area contributed by atoms with E-state index in [0.717, 1.165) is 5.92 Å². The summed E-state index contributed by atoms with van der Waals surface area (Å²) in [6.45, 7) is 4.30. The molecule has 1 nitrogen and oxygen atoms in total. The molecule has 0 aliphatic heterocycles. The summed E-state index contributed by atoms with van der Waals surface area (Å²) < 4.78 is 0. The van der Waals surface area contributed by atoms with Crippen LogP contribution in [0.3, 0.4) is 0 Å². The molecule has 1 heteroatoms. The Morgan fingerprint density at radius 3 is 2.30 bits per heavy atom. The molecule has 0 spiro atoms. The first-order valence-corrected chi connectivity index (χ1v) is 7.58. The quantitative estimate of drug-likeness (QED) is 0.861. The molecular formula is C19H23N. The predicted octanol–water partition coefficient (Wildman–Crippen LogP) is 4.62. The van der Waals surface area contributed by atoms with Crippen LogP contribution in [0.2, 0.25) is 0 Å². The van der Waals surface area contributed by atoms with Crippen LogP contribution in [-0.2, 0) is 0 Å². The molecule has 1 unspecified atom stereocenters. The van der Waals surface area contributed by atoms with Crippen LogP contribution in [0, 0.1) is 13.8 Å². The minimum absolute atomic E-state index is 0.0228. The van der Waals surface area contributed by atoms with E-state index in [2.05, 4.69) is 56.3 Å². The lowest BCUT2D eigenvalue weighted by Crippen LogP contribution is -2.14. The zero-order chi connectivity index (χ0) is 14.1. The lowest BCUT2D eigenvalue weighted by Gasteiger charge is -2.26. The summed E-state index contributed by atoms with van der Waals surface area (Å²) in [4.78, 5) is 0. The summed E-state index contributed by atoms with van der Waals surface area (Å²) in [6, 6.07) is 15.3.